The van der Waals surface area contributed by atoms with Gasteiger partial charge in [0.1, 0.15) is 5.75 Å². The first-order chi connectivity index (χ1) is 11.1. The standard InChI is InChI=1S/C18H21NO3S/c1-22-17-9-4-3-7-15(17)10-11-19-18(20)16-8-5-6-14(12-16)13-23(2)21/h3-9,12H,10-11,13H2,1-2H3,(H,19,20). The summed E-state index contributed by atoms with van der Waals surface area (Å²) in [5, 5.41) is 2.91. The Hall–Kier alpha value is -2.14. The van der Waals surface area contributed by atoms with Crippen molar-refractivity contribution in [2.75, 3.05) is 19.9 Å². The third-order valence-corrected chi connectivity index (χ3v) is 4.17. The molecule has 2 rings (SSSR count). The summed E-state index contributed by atoms with van der Waals surface area (Å²) in [5.41, 5.74) is 2.56. The van der Waals surface area contributed by atoms with Crippen LogP contribution in [0.4, 0.5) is 0 Å². The van der Waals surface area contributed by atoms with Crippen molar-refractivity contribution in [3.05, 3.63) is 65.2 Å². The van der Waals surface area contributed by atoms with Gasteiger partial charge in [-0.3, -0.25) is 9.00 Å². The largest absolute Gasteiger partial charge is 0.496 e. The Morgan fingerprint density at radius 3 is 2.70 bits per heavy atom. The van der Waals surface area contributed by atoms with E-state index < -0.39 is 10.8 Å². The van der Waals surface area contributed by atoms with Crippen molar-refractivity contribution in [1.29, 1.82) is 0 Å². The predicted molar refractivity (Wildman–Crippen MR) is 93.2 cm³/mol. The van der Waals surface area contributed by atoms with Crippen molar-refractivity contribution >= 4 is 16.7 Å². The van der Waals surface area contributed by atoms with Gasteiger partial charge in [0.2, 0.25) is 0 Å². The Balaban J connectivity index is 1.93. The molecule has 4 nitrogen and oxygen atoms in total. The van der Waals surface area contributed by atoms with Crippen LogP contribution in [0.2, 0.25) is 0 Å². The topological polar surface area (TPSA) is 55.4 Å². The average molecular weight is 331 g/mol. The van der Waals surface area contributed by atoms with Crippen LogP contribution in [0.1, 0.15) is 21.5 Å². The van der Waals surface area contributed by atoms with E-state index in [0.29, 0.717) is 24.3 Å². The van der Waals surface area contributed by atoms with E-state index in [0.717, 1.165) is 16.9 Å². The van der Waals surface area contributed by atoms with Gasteiger partial charge in [-0.25, -0.2) is 0 Å². The molecule has 0 heterocycles. The summed E-state index contributed by atoms with van der Waals surface area (Å²) >= 11 is 0. The zero-order valence-electron chi connectivity index (χ0n) is 13.4. The summed E-state index contributed by atoms with van der Waals surface area (Å²) in [5.74, 6) is 1.17. The number of benzene rings is 2. The molecule has 1 amide bonds. The van der Waals surface area contributed by atoms with E-state index in [1.54, 1.807) is 25.5 Å². The Morgan fingerprint density at radius 2 is 1.96 bits per heavy atom. The number of ether oxygens (including phenoxy) is 1. The van der Waals surface area contributed by atoms with Crippen molar-refractivity contribution in [1.82, 2.24) is 5.32 Å². The molecule has 0 bridgehead atoms. The second-order valence-corrected chi connectivity index (χ2v) is 6.67. The van der Waals surface area contributed by atoms with E-state index in [4.69, 9.17) is 4.74 Å². The highest BCUT2D eigenvalue weighted by molar-refractivity contribution is 7.83. The van der Waals surface area contributed by atoms with Gasteiger partial charge in [0, 0.05) is 34.9 Å². The van der Waals surface area contributed by atoms with Gasteiger partial charge in [-0.2, -0.15) is 0 Å². The van der Waals surface area contributed by atoms with E-state index in [9.17, 15) is 9.00 Å². The number of rotatable bonds is 7. The van der Waals surface area contributed by atoms with Crippen LogP contribution in [0.15, 0.2) is 48.5 Å². The smallest absolute Gasteiger partial charge is 0.251 e. The number of carbonyl (C=O) groups is 1. The van der Waals surface area contributed by atoms with Crippen LogP contribution in [0.25, 0.3) is 0 Å². The first-order valence-corrected chi connectivity index (χ1v) is 9.12. The van der Waals surface area contributed by atoms with Gasteiger partial charge in [-0.15, -0.1) is 0 Å². The van der Waals surface area contributed by atoms with Crippen molar-refractivity contribution in [3.8, 4) is 5.75 Å². The lowest BCUT2D eigenvalue weighted by Gasteiger charge is -2.09. The van der Waals surface area contributed by atoms with E-state index in [1.165, 1.54) is 0 Å². The van der Waals surface area contributed by atoms with Crippen LogP contribution in [-0.2, 0) is 23.0 Å². The highest BCUT2D eigenvalue weighted by Gasteiger charge is 2.07. The summed E-state index contributed by atoms with van der Waals surface area (Å²) in [4.78, 5) is 12.2. The summed E-state index contributed by atoms with van der Waals surface area (Å²) in [6.07, 6.45) is 2.36. The van der Waals surface area contributed by atoms with Gasteiger partial charge in [-0.1, -0.05) is 30.3 Å². The molecule has 0 saturated heterocycles. The molecule has 0 aromatic heterocycles. The van der Waals surface area contributed by atoms with Gasteiger partial charge < -0.3 is 10.1 Å². The lowest BCUT2D eigenvalue weighted by atomic mass is 10.1. The minimum Gasteiger partial charge on any atom is -0.496 e. The molecule has 5 heteroatoms. The quantitative estimate of drug-likeness (QED) is 0.848. The number of amides is 1. The molecule has 0 aliphatic heterocycles. The van der Waals surface area contributed by atoms with Crippen molar-refractivity contribution in [2.24, 2.45) is 0 Å². The Kier molecular flexibility index (Phi) is 6.35. The second kappa shape index (κ2) is 8.48. The molecule has 0 saturated carbocycles. The van der Waals surface area contributed by atoms with Gasteiger partial charge in [-0.05, 0) is 35.7 Å². The fourth-order valence-corrected chi connectivity index (χ4v) is 3.01. The predicted octanol–water partition coefficient (Wildman–Crippen LogP) is 2.55. The molecule has 0 aliphatic carbocycles. The van der Waals surface area contributed by atoms with Crippen LogP contribution in [0.3, 0.4) is 0 Å². The van der Waals surface area contributed by atoms with Crippen molar-refractivity contribution < 1.29 is 13.7 Å². The van der Waals surface area contributed by atoms with Crippen molar-refractivity contribution in [3.63, 3.8) is 0 Å². The lowest BCUT2D eigenvalue weighted by molar-refractivity contribution is 0.0954. The number of hydrogen-bond acceptors (Lipinski definition) is 3. The van der Waals surface area contributed by atoms with E-state index in [1.807, 2.05) is 36.4 Å². The maximum absolute atomic E-state index is 12.2. The SMILES string of the molecule is COc1ccccc1CCNC(=O)c1cccc(CS(C)=O)c1. The third kappa shape index (κ3) is 5.21. The second-order valence-electron chi connectivity index (χ2n) is 5.24. The fraction of sp³-hybridized carbons (Fsp3) is 0.278. The normalized spacial score (nSPS) is 11.7. The average Bonchev–Trinajstić information content (AvgIpc) is 2.55. The first-order valence-electron chi connectivity index (χ1n) is 7.39. The zero-order valence-corrected chi connectivity index (χ0v) is 14.2. The maximum Gasteiger partial charge on any atom is 0.251 e. The molecule has 122 valence electrons. The Labute approximate surface area is 139 Å². The molecule has 2 aromatic carbocycles. The summed E-state index contributed by atoms with van der Waals surface area (Å²) in [6, 6.07) is 15.0. The number of para-hydroxylation sites is 1. The fourth-order valence-electron chi connectivity index (χ4n) is 2.36. The molecule has 0 fully saturated rings. The van der Waals surface area contributed by atoms with Crippen LogP contribution in [-0.4, -0.2) is 30.0 Å². The van der Waals surface area contributed by atoms with Gasteiger partial charge in [0.05, 0.1) is 7.11 Å². The van der Waals surface area contributed by atoms with Crippen LogP contribution in [0, 0.1) is 0 Å². The molecule has 0 spiro atoms. The van der Waals surface area contributed by atoms with Crippen molar-refractivity contribution in [2.45, 2.75) is 12.2 Å². The summed E-state index contributed by atoms with van der Waals surface area (Å²) < 4.78 is 16.6. The molecule has 1 atom stereocenters. The molecular formula is C18H21NO3S. The number of carbonyl (C=O) groups excluding carboxylic acids is 1. The molecule has 0 aliphatic rings. The monoisotopic (exact) mass is 331 g/mol. The number of methoxy groups -OCH3 is 1. The van der Waals surface area contributed by atoms with Crippen LogP contribution >= 0.6 is 0 Å². The van der Waals surface area contributed by atoms with E-state index in [-0.39, 0.29) is 5.91 Å². The van der Waals surface area contributed by atoms with Gasteiger partial charge >= 0.3 is 0 Å². The van der Waals surface area contributed by atoms with E-state index in [2.05, 4.69) is 5.32 Å². The Bertz CT molecular complexity index is 700. The third-order valence-electron chi connectivity index (χ3n) is 3.43. The molecule has 2 aromatic rings. The highest BCUT2D eigenvalue weighted by atomic mass is 32.2. The minimum atomic E-state index is -0.918. The molecular weight excluding hydrogens is 310 g/mol. The summed E-state index contributed by atoms with van der Waals surface area (Å²) in [6.45, 7) is 0.531. The van der Waals surface area contributed by atoms with E-state index >= 15 is 0 Å². The molecule has 0 radical (unpaired) electrons. The number of hydrogen-bond donors (Lipinski definition) is 1. The number of nitrogens with one attached hydrogen (secondary N) is 1. The molecule has 1 N–H and O–H groups in total. The van der Waals surface area contributed by atoms with Gasteiger partial charge in [0.15, 0.2) is 0 Å². The van der Waals surface area contributed by atoms with Crippen LogP contribution < -0.4 is 10.1 Å². The molecule has 23 heavy (non-hydrogen) atoms. The lowest BCUT2D eigenvalue weighted by Crippen LogP contribution is -2.25. The maximum atomic E-state index is 12.2. The minimum absolute atomic E-state index is 0.122. The van der Waals surface area contributed by atoms with Crippen LogP contribution in [0.5, 0.6) is 5.75 Å². The summed E-state index contributed by atoms with van der Waals surface area (Å²) in [7, 11) is 0.722. The molecule has 1 unspecified atom stereocenters. The van der Waals surface area contributed by atoms with Gasteiger partial charge in [0.25, 0.3) is 5.91 Å². The first kappa shape index (κ1) is 17.2. The Morgan fingerprint density at radius 1 is 1.17 bits per heavy atom. The zero-order chi connectivity index (χ0) is 16.7. The highest BCUT2D eigenvalue weighted by Crippen LogP contribution is 2.17.